The van der Waals surface area contributed by atoms with Crippen LogP contribution in [0.5, 0.6) is 5.75 Å². The van der Waals surface area contributed by atoms with Crippen LogP contribution >= 0.6 is 27.5 Å². The smallest absolute Gasteiger partial charge is 0.273 e. The number of nitrogens with one attached hydrogen (secondary N) is 1. The van der Waals surface area contributed by atoms with Crippen molar-refractivity contribution in [2.75, 3.05) is 0 Å². The third-order valence-corrected chi connectivity index (χ3v) is 3.81. The summed E-state index contributed by atoms with van der Waals surface area (Å²) in [5, 5.41) is 24.8. The van der Waals surface area contributed by atoms with Gasteiger partial charge in [-0.05, 0) is 28.1 Å². The molecule has 0 aliphatic rings. The number of nitro benzene ring substituents is 1. The number of halogens is 2. The van der Waals surface area contributed by atoms with E-state index in [-0.39, 0.29) is 23.4 Å². The number of phenols is 1. The molecule has 7 nitrogen and oxygen atoms in total. The number of amides is 1. The maximum atomic E-state index is 11.9. The van der Waals surface area contributed by atoms with Crippen LogP contribution in [-0.2, 0) is 11.2 Å². The number of nitrogens with zero attached hydrogens (tertiary/aromatic N) is 2. The molecular weight excluding hydrogens is 402 g/mol. The first-order valence-corrected chi connectivity index (χ1v) is 7.78. The lowest BCUT2D eigenvalue weighted by atomic mass is 10.1. The van der Waals surface area contributed by atoms with Gasteiger partial charge in [-0.15, -0.1) is 0 Å². The Bertz CT molecular complexity index is 826. The van der Waals surface area contributed by atoms with Crippen molar-refractivity contribution >= 4 is 45.3 Å². The van der Waals surface area contributed by atoms with E-state index in [1.807, 2.05) is 0 Å². The van der Waals surface area contributed by atoms with Gasteiger partial charge in [0, 0.05) is 22.2 Å². The van der Waals surface area contributed by atoms with Gasteiger partial charge >= 0.3 is 0 Å². The van der Waals surface area contributed by atoms with Crippen LogP contribution in [0.2, 0.25) is 5.02 Å². The molecule has 0 unspecified atom stereocenters. The molecule has 0 fully saturated rings. The Morgan fingerprint density at radius 3 is 2.83 bits per heavy atom. The Hall–Kier alpha value is -2.45. The number of carbonyl (C=O) groups excluding carboxylic acids is 1. The second-order valence-electron chi connectivity index (χ2n) is 4.68. The number of rotatable bonds is 5. The Labute approximate surface area is 150 Å². The Morgan fingerprint density at radius 1 is 1.42 bits per heavy atom. The average Bonchev–Trinajstić information content (AvgIpc) is 2.52. The molecule has 0 aliphatic carbocycles. The van der Waals surface area contributed by atoms with Crippen LogP contribution in [0.1, 0.15) is 11.1 Å². The third kappa shape index (κ3) is 4.53. The lowest BCUT2D eigenvalue weighted by molar-refractivity contribution is -0.385. The fourth-order valence-electron chi connectivity index (χ4n) is 1.91. The maximum Gasteiger partial charge on any atom is 0.273 e. The number of benzene rings is 2. The molecule has 9 heteroatoms. The van der Waals surface area contributed by atoms with Crippen molar-refractivity contribution in [3.63, 3.8) is 0 Å². The molecule has 0 bridgehead atoms. The molecular formula is C15H11BrClN3O4. The van der Waals surface area contributed by atoms with Crippen LogP contribution in [0.25, 0.3) is 0 Å². The largest absolute Gasteiger partial charge is 0.506 e. The first kappa shape index (κ1) is 17.9. The number of hydrogen-bond donors (Lipinski definition) is 2. The first-order chi connectivity index (χ1) is 11.4. The number of phenolic OH excluding ortho intramolecular Hbond substituents is 1. The summed E-state index contributed by atoms with van der Waals surface area (Å²) >= 11 is 9.00. The Kier molecular flexibility index (Phi) is 5.88. The highest BCUT2D eigenvalue weighted by Crippen LogP contribution is 2.30. The molecule has 0 aliphatic heterocycles. The highest BCUT2D eigenvalue weighted by Gasteiger charge is 2.15. The summed E-state index contributed by atoms with van der Waals surface area (Å²) < 4.78 is 0.391. The van der Waals surface area contributed by atoms with Gasteiger partial charge in [-0.2, -0.15) is 5.10 Å². The minimum Gasteiger partial charge on any atom is -0.506 e. The zero-order valence-corrected chi connectivity index (χ0v) is 14.4. The number of nitro groups is 1. The van der Waals surface area contributed by atoms with E-state index in [2.05, 4.69) is 26.5 Å². The maximum absolute atomic E-state index is 11.9. The molecule has 124 valence electrons. The molecule has 0 spiro atoms. The number of hydrazone groups is 1. The van der Waals surface area contributed by atoms with Crippen LogP contribution < -0.4 is 5.43 Å². The number of para-hydroxylation sites is 1. The normalized spacial score (nSPS) is 10.8. The average molecular weight is 413 g/mol. The van der Waals surface area contributed by atoms with Crippen molar-refractivity contribution in [3.8, 4) is 5.75 Å². The summed E-state index contributed by atoms with van der Waals surface area (Å²) in [7, 11) is 0. The lowest BCUT2D eigenvalue weighted by Crippen LogP contribution is -2.20. The highest BCUT2D eigenvalue weighted by atomic mass is 79.9. The molecule has 0 saturated heterocycles. The van der Waals surface area contributed by atoms with Crippen LogP contribution in [-0.4, -0.2) is 22.2 Å². The van der Waals surface area contributed by atoms with E-state index in [4.69, 9.17) is 11.6 Å². The summed E-state index contributed by atoms with van der Waals surface area (Å²) in [5.41, 5.74) is 2.71. The van der Waals surface area contributed by atoms with Gasteiger partial charge in [0.05, 0.1) is 22.0 Å². The van der Waals surface area contributed by atoms with Gasteiger partial charge in [0.25, 0.3) is 5.69 Å². The molecule has 0 heterocycles. The van der Waals surface area contributed by atoms with E-state index in [1.54, 1.807) is 6.07 Å². The van der Waals surface area contributed by atoms with E-state index >= 15 is 0 Å². The van der Waals surface area contributed by atoms with Gasteiger partial charge < -0.3 is 5.11 Å². The van der Waals surface area contributed by atoms with Crippen molar-refractivity contribution < 1.29 is 14.8 Å². The van der Waals surface area contributed by atoms with Gasteiger partial charge in [-0.1, -0.05) is 29.8 Å². The molecule has 2 N–H and O–H groups in total. The molecule has 0 aromatic heterocycles. The van der Waals surface area contributed by atoms with Crippen molar-refractivity contribution in [1.29, 1.82) is 0 Å². The highest BCUT2D eigenvalue weighted by molar-refractivity contribution is 9.10. The summed E-state index contributed by atoms with van der Waals surface area (Å²) in [5.74, 6) is -0.600. The monoisotopic (exact) mass is 411 g/mol. The zero-order valence-electron chi connectivity index (χ0n) is 12.1. The molecule has 0 radical (unpaired) electrons. The van der Waals surface area contributed by atoms with Crippen LogP contribution in [0.4, 0.5) is 5.69 Å². The van der Waals surface area contributed by atoms with Crippen molar-refractivity contribution in [3.05, 3.63) is 67.1 Å². The van der Waals surface area contributed by atoms with Gasteiger partial charge in [-0.25, -0.2) is 5.43 Å². The minimum absolute atomic E-state index is 0.0731. The quantitative estimate of drug-likeness (QED) is 0.446. The van der Waals surface area contributed by atoms with Crippen molar-refractivity contribution in [2.45, 2.75) is 6.42 Å². The van der Waals surface area contributed by atoms with Crippen LogP contribution in [0.15, 0.2) is 46.0 Å². The fourth-order valence-corrected chi connectivity index (χ4v) is 2.74. The number of aromatic hydroxyl groups is 1. The Balaban J connectivity index is 2.06. The molecule has 0 saturated carbocycles. The summed E-state index contributed by atoms with van der Waals surface area (Å²) in [4.78, 5) is 22.2. The second kappa shape index (κ2) is 7.89. The minimum atomic E-state index is -0.548. The van der Waals surface area contributed by atoms with Gasteiger partial charge in [0.1, 0.15) is 5.75 Å². The van der Waals surface area contributed by atoms with E-state index in [0.717, 1.165) is 0 Å². The molecule has 1 amide bonds. The molecule has 2 aromatic rings. The fraction of sp³-hybridized carbons (Fsp3) is 0.0667. The molecule has 0 atom stereocenters. The van der Waals surface area contributed by atoms with E-state index in [1.165, 1.54) is 36.5 Å². The second-order valence-corrected chi connectivity index (χ2v) is 5.97. The standard InChI is InChI=1S/C15H11BrClN3O4/c16-12-7-11(17)5-10(15(12)22)8-18-19-14(21)6-9-3-1-2-4-13(9)20(23)24/h1-5,7-8,22H,6H2,(H,19,21). The molecule has 24 heavy (non-hydrogen) atoms. The lowest BCUT2D eigenvalue weighted by Gasteiger charge is -2.03. The third-order valence-electron chi connectivity index (χ3n) is 2.99. The number of carbonyl (C=O) groups is 1. The van der Waals surface area contributed by atoms with Gasteiger partial charge in [-0.3, -0.25) is 14.9 Å². The van der Waals surface area contributed by atoms with E-state index in [9.17, 15) is 20.0 Å². The summed E-state index contributed by atoms with van der Waals surface area (Å²) in [6.07, 6.45) is 1.03. The Morgan fingerprint density at radius 2 is 2.12 bits per heavy atom. The topological polar surface area (TPSA) is 105 Å². The summed E-state index contributed by atoms with van der Waals surface area (Å²) in [6, 6.07) is 8.95. The predicted octanol–water partition coefficient (Wildman–Crippen LogP) is 3.41. The van der Waals surface area contributed by atoms with Crippen LogP contribution in [0, 0.1) is 10.1 Å². The predicted molar refractivity (Wildman–Crippen MR) is 93.4 cm³/mol. The van der Waals surface area contributed by atoms with E-state index < -0.39 is 10.8 Å². The molecule has 2 aromatic carbocycles. The van der Waals surface area contributed by atoms with Gasteiger partial charge in [0.15, 0.2) is 0 Å². The zero-order chi connectivity index (χ0) is 17.7. The summed E-state index contributed by atoms with van der Waals surface area (Å²) in [6.45, 7) is 0. The van der Waals surface area contributed by atoms with Gasteiger partial charge in [0.2, 0.25) is 5.91 Å². The van der Waals surface area contributed by atoms with Crippen molar-refractivity contribution in [1.82, 2.24) is 5.43 Å². The van der Waals surface area contributed by atoms with Crippen LogP contribution in [0.3, 0.4) is 0 Å². The SMILES string of the molecule is O=C(Cc1ccccc1[N+](=O)[O-])NN=Cc1cc(Cl)cc(Br)c1O. The van der Waals surface area contributed by atoms with E-state index in [0.29, 0.717) is 15.1 Å². The molecule has 2 rings (SSSR count). The van der Waals surface area contributed by atoms with Crippen molar-refractivity contribution in [2.24, 2.45) is 5.10 Å². The first-order valence-electron chi connectivity index (χ1n) is 6.60. The number of hydrogen-bond acceptors (Lipinski definition) is 5.